The molecule has 3 rings (SSSR count). The van der Waals surface area contributed by atoms with E-state index in [1.54, 1.807) is 20.8 Å². The minimum atomic E-state index is -4.49. The number of piperidine rings is 2. The van der Waals surface area contributed by atoms with Gasteiger partial charge in [-0.05, 0) is 55.8 Å². The van der Waals surface area contributed by atoms with Crippen LogP contribution in [-0.4, -0.2) is 65.6 Å². The molecule has 0 aromatic carbocycles. The van der Waals surface area contributed by atoms with Gasteiger partial charge in [0.15, 0.2) is 0 Å². The van der Waals surface area contributed by atoms with E-state index in [4.69, 9.17) is 0 Å². The van der Waals surface area contributed by atoms with Crippen LogP contribution in [0.5, 0.6) is 0 Å². The molecule has 2 saturated heterocycles. The molecule has 1 aliphatic carbocycles. The minimum Gasteiger partial charge on any atom is -0.351 e. The van der Waals surface area contributed by atoms with Crippen LogP contribution in [0, 0.1) is 39.9 Å². The van der Waals surface area contributed by atoms with Crippen molar-refractivity contribution >= 4 is 17.7 Å². The first-order valence-electron chi connectivity index (χ1n) is 12.9. The van der Waals surface area contributed by atoms with E-state index in [9.17, 15) is 32.8 Å². The summed E-state index contributed by atoms with van der Waals surface area (Å²) >= 11 is 0. The second-order valence-corrected chi connectivity index (χ2v) is 13.2. The molecule has 0 radical (unpaired) electrons. The van der Waals surface area contributed by atoms with Gasteiger partial charge in [-0.25, -0.2) is 0 Å². The van der Waals surface area contributed by atoms with Gasteiger partial charge in [-0.2, -0.15) is 18.4 Å². The number of nitrogens with one attached hydrogen (secondary N) is 3. The molecular formula is C26H40F3N5O3. The highest BCUT2D eigenvalue weighted by molar-refractivity contribution is 5.92. The number of hydrogen-bond acceptors (Lipinski definition) is 5. The summed E-state index contributed by atoms with van der Waals surface area (Å²) in [5, 5.41) is 17.8. The second kappa shape index (κ2) is 9.75. The number of amides is 3. The number of hydrogen-bond donors (Lipinski definition) is 3. The van der Waals surface area contributed by atoms with E-state index in [2.05, 4.69) is 22.0 Å². The Hall–Kier alpha value is -2.35. The molecule has 208 valence electrons. The Balaban J connectivity index is 1.76. The van der Waals surface area contributed by atoms with Gasteiger partial charge in [0, 0.05) is 18.0 Å². The smallest absolute Gasteiger partial charge is 0.351 e. The normalized spacial score (nSPS) is 30.0. The molecule has 11 heteroatoms. The molecule has 3 N–H and O–H groups in total. The monoisotopic (exact) mass is 527 g/mol. The van der Waals surface area contributed by atoms with Gasteiger partial charge in [-0.15, -0.1) is 0 Å². The van der Waals surface area contributed by atoms with Gasteiger partial charge in [-0.1, -0.05) is 34.6 Å². The summed E-state index contributed by atoms with van der Waals surface area (Å²) in [6.07, 6.45) is -3.00. The van der Waals surface area contributed by atoms with Crippen LogP contribution in [0.2, 0.25) is 0 Å². The van der Waals surface area contributed by atoms with Crippen molar-refractivity contribution in [3.63, 3.8) is 0 Å². The molecule has 3 fully saturated rings. The van der Waals surface area contributed by atoms with Gasteiger partial charge in [0.2, 0.25) is 17.7 Å². The molecule has 0 unspecified atom stereocenters. The van der Waals surface area contributed by atoms with E-state index in [1.165, 1.54) is 4.90 Å². The highest BCUT2D eigenvalue weighted by Gasteiger charge is 2.69. The Morgan fingerprint density at radius 3 is 2.35 bits per heavy atom. The van der Waals surface area contributed by atoms with Crippen molar-refractivity contribution in [3.8, 4) is 6.07 Å². The molecule has 3 amide bonds. The van der Waals surface area contributed by atoms with E-state index in [0.717, 1.165) is 6.42 Å². The fraction of sp³-hybridized carbons (Fsp3) is 0.846. The summed E-state index contributed by atoms with van der Waals surface area (Å²) in [5.41, 5.74) is -1.35. The molecule has 3 aliphatic rings. The highest BCUT2D eigenvalue weighted by Crippen LogP contribution is 2.65. The highest BCUT2D eigenvalue weighted by atomic mass is 19.4. The minimum absolute atomic E-state index is 0.0438. The lowest BCUT2D eigenvalue weighted by molar-refractivity contribution is -0.147. The maximum absolute atomic E-state index is 13.6. The maximum atomic E-state index is 13.6. The number of rotatable bonds is 7. The number of carbonyl (C=O) groups excluding carboxylic acids is 3. The van der Waals surface area contributed by atoms with Gasteiger partial charge in [-0.3, -0.25) is 19.7 Å². The molecule has 2 aliphatic heterocycles. The standard InChI is InChI=1S/C26H40F3N5O3/c1-23(2,3)19(31-13-26(27,28)29)22(37)34-12-16-17(25(16,6)7)18(34)21(36)32-15(11-30)10-14-8-9-24(4,5)33-20(14)35/h14-19,31H,8-10,12-13H2,1-7H3,(H,32,36)(H,33,35)/t14-,15-,16-,17-,18-,19+/m0/s1. The Kier molecular flexibility index (Phi) is 7.70. The predicted molar refractivity (Wildman–Crippen MR) is 131 cm³/mol. The predicted octanol–water partition coefficient (Wildman–Crippen LogP) is 2.74. The molecule has 0 bridgehead atoms. The van der Waals surface area contributed by atoms with Crippen LogP contribution in [0.4, 0.5) is 13.2 Å². The van der Waals surface area contributed by atoms with Crippen molar-refractivity contribution in [2.75, 3.05) is 13.1 Å². The fourth-order valence-corrected chi connectivity index (χ4v) is 6.04. The van der Waals surface area contributed by atoms with Gasteiger partial charge in [0.1, 0.15) is 12.1 Å². The summed E-state index contributed by atoms with van der Waals surface area (Å²) in [6, 6.07) is -0.893. The molecule has 37 heavy (non-hydrogen) atoms. The van der Waals surface area contributed by atoms with Gasteiger partial charge in [0.05, 0.1) is 18.7 Å². The van der Waals surface area contributed by atoms with E-state index in [-0.39, 0.29) is 41.7 Å². The molecule has 6 atom stereocenters. The van der Waals surface area contributed by atoms with Crippen LogP contribution in [0.1, 0.15) is 67.7 Å². The SMILES string of the molecule is CC1(C)CC[C@@H](C[C@@H](C#N)NC(=O)[C@@H]2[C@@H]3[C@H](CN2C(=O)[C@@H](NCC(F)(F)F)C(C)(C)C)C3(C)C)C(=O)N1. The van der Waals surface area contributed by atoms with Crippen molar-refractivity contribution in [2.45, 2.75) is 97.6 Å². The molecular weight excluding hydrogens is 487 g/mol. The number of likely N-dealkylation sites (tertiary alicyclic amines) is 1. The Bertz CT molecular complexity index is 966. The molecule has 0 aromatic heterocycles. The van der Waals surface area contributed by atoms with Gasteiger partial charge >= 0.3 is 6.18 Å². The topological polar surface area (TPSA) is 114 Å². The number of carbonyl (C=O) groups is 3. The lowest BCUT2D eigenvalue weighted by Crippen LogP contribution is -2.60. The third kappa shape index (κ3) is 6.39. The second-order valence-electron chi connectivity index (χ2n) is 13.2. The Morgan fingerprint density at radius 2 is 1.84 bits per heavy atom. The Morgan fingerprint density at radius 1 is 1.22 bits per heavy atom. The quantitative estimate of drug-likeness (QED) is 0.471. The van der Waals surface area contributed by atoms with E-state index in [1.807, 2.05) is 27.7 Å². The van der Waals surface area contributed by atoms with E-state index in [0.29, 0.717) is 6.42 Å². The van der Waals surface area contributed by atoms with Crippen LogP contribution in [-0.2, 0) is 14.4 Å². The lowest BCUT2D eigenvalue weighted by Gasteiger charge is -2.38. The van der Waals surface area contributed by atoms with Crippen LogP contribution in [0.25, 0.3) is 0 Å². The van der Waals surface area contributed by atoms with Crippen molar-refractivity contribution in [3.05, 3.63) is 0 Å². The van der Waals surface area contributed by atoms with Crippen LogP contribution in [0.15, 0.2) is 0 Å². The summed E-state index contributed by atoms with van der Waals surface area (Å²) in [7, 11) is 0. The van der Waals surface area contributed by atoms with Crippen LogP contribution >= 0.6 is 0 Å². The van der Waals surface area contributed by atoms with E-state index < -0.39 is 54.0 Å². The van der Waals surface area contributed by atoms with Crippen molar-refractivity contribution in [1.82, 2.24) is 20.9 Å². The first kappa shape index (κ1) is 29.2. The number of halogens is 3. The van der Waals surface area contributed by atoms with Gasteiger partial charge < -0.3 is 15.5 Å². The summed E-state index contributed by atoms with van der Waals surface area (Å²) in [4.78, 5) is 41.0. The summed E-state index contributed by atoms with van der Waals surface area (Å²) < 4.78 is 38.9. The largest absolute Gasteiger partial charge is 0.401 e. The zero-order valence-electron chi connectivity index (χ0n) is 22.8. The van der Waals surface area contributed by atoms with Crippen LogP contribution < -0.4 is 16.0 Å². The Labute approximate surface area is 217 Å². The van der Waals surface area contributed by atoms with Crippen molar-refractivity contribution < 1.29 is 27.6 Å². The zero-order chi connectivity index (χ0) is 28.1. The van der Waals surface area contributed by atoms with Gasteiger partial charge in [0.25, 0.3) is 0 Å². The molecule has 0 aromatic rings. The molecule has 1 saturated carbocycles. The molecule has 0 spiro atoms. The third-order valence-corrected chi connectivity index (χ3v) is 8.32. The molecule has 2 heterocycles. The van der Waals surface area contributed by atoms with Crippen molar-refractivity contribution in [2.24, 2.45) is 28.6 Å². The number of nitrogens with zero attached hydrogens (tertiary/aromatic N) is 2. The zero-order valence-corrected chi connectivity index (χ0v) is 22.8. The first-order chi connectivity index (χ1) is 16.8. The average Bonchev–Trinajstić information content (AvgIpc) is 3.07. The first-order valence-corrected chi connectivity index (χ1v) is 12.9. The average molecular weight is 528 g/mol. The summed E-state index contributed by atoms with van der Waals surface area (Å²) in [6.45, 7) is 11.8. The third-order valence-electron chi connectivity index (χ3n) is 8.32. The fourth-order valence-electron chi connectivity index (χ4n) is 6.04. The summed E-state index contributed by atoms with van der Waals surface area (Å²) in [5.74, 6) is -1.74. The molecule has 8 nitrogen and oxygen atoms in total. The maximum Gasteiger partial charge on any atom is 0.401 e. The number of alkyl halides is 3. The lowest BCUT2D eigenvalue weighted by atomic mass is 9.83. The number of nitriles is 1. The van der Waals surface area contributed by atoms with E-state index >= 15 is 0 Å². The van der Waals surface area contributed by atoms with Crippen molar-refractivity contribution in [1.29, 1.82) is 5.26 Å². The van der Waals surface area contributed by atoms with Crippen LogP contribution in [0.3, 0.4) is 0 Å². The number of fused-ring (bicyclic) bond motifs is 1.